The van der Waals surface area contributed by atoms with Crippen LogP contribution in [0.15, 0.2) is 18.3 Å². The molecular weight excluding hydrogens is 314 g/mol. The molecule has 3 aliphatic heterocycles. The van der Waals surface area contributed by atoms with Crippen LogP contribution >= 0.6 is 0 Å². The summed E-state index contributed by atoms with van der Waals surface area (Å²) in [5.74, 6) is 1.05. The lowest BCUT2D eigenvalue weighted by molar-refractivity contribution is 0.179. The van der Waals surface area contributed by atoms with Crippen LogP contribution in [0.1, 0.15) is 44.1 Å². The normalized spacial score (nSPS) is 26.5. The van der Waals surface area contributed by atoms with Gasteiger partial charge >= 0.3 is 6.03 Å². The number of hydrogen-bond donors (Lipinski definition) is 2. The minimum Gasteiger partial charge on any atom is -0.357 e. The number of pyridine rings is 1. The van der Waals surface area contributed by atoms with Gasteiger partial charge in [0, 0.05) is 44.5 Å². The molecule has 3 aliphatic rings. The number of aromatic nitrogens is 1. The summed E-state index contributed by atoms with van der Waals surface area (Å²) in [6.07, 6.45) is 9.27. The zero-order valence-corrected chi connectivity index (χ0v) is 14.9. The van der Waals surface area contributed by atoms with Gasteiger partial charge in [-0.25, -0.2) is 9.78 Å². The van der Waals surface area contributed by atoms with E-state index < -0.39 is 0 Å². The first-order valence-corrected chi connectivity index (χ1v) is 9.78. The van der Waals surface area contributed by atoms with Crippen molar-refractivity contribution in [2.75, 3.05) is 31.1 Å². The second-order valence-electron chi connectivity index (χ2n) is 7.54. The maximum absolute atomic E-state index is 12.3. The standard InChI is InChI=1S/C19H29N5O/c25-19(22-16-8-12-23-9-2-1-5-17(16)23)21-14-15-6-7-18(20-13-15)24-10-3-4-11-24/h6-7,13,16-17H,1-5,8-12,14H2,(H2,21,22,25)/t16-,17+/m0/s1. The van der Waals surface area contributed by atoms with Crippen LogP contribution in [0.4, 0.5) is 10.6 Å². The molecule has 0 radical (unpaired) electrons. The van der Waals surface area contributed by atoms with Gasteiger partial charge < -0.3 is 15.5 Å². The van der Waals surface area contributed by atoms with E-state index in [4.69, 9.17) is 0 Å². The number of piperidine rings is 1. The Kier molecular flexibility index (Phi) is 5.06. The molecular formula is C19H29N5O. The molecule has 3 saturated heterocycles. The fourth-order valence-corrected chi connectivity index (χ4v) is 4.47. The Balaban J connectivity index is 1.24. The van der Waals surface area contributed by atoms with Crippen LogP contribution in [0.3, 0.4) is 0 Å². The maximum Gasteiger partial charge on any atom is 0.315 e. The second-order valence-corrected chi connectivity index (χ2v) is 7.54. The third-order valence-electron chi connectivity index (χ3n) is 5.86. The van der Waals surface area contributed by atoms with E-state index in [1.165, 1.54) is 38.6 Å². The van der Waals surface area contributed by atoms with Gasteiger partial charge in [0.25, 0.3) is 0 Å². The Bertz CT molecular complexity index is 584. The van der Waals surface area contributed by atoms with Gasteiger partial charge in [-0.05, 0) is 50.3 Å². The molecule has 3 fully saturated rings. The van der Waals surface area contributed by atoms with Crippen molar-refractivity contribution < 1.29 is 4.79 Å². The highest BCUT2D eigenvalue weighted by Gasteiger charge is 2.36. The van der Waals surface area contributed by atoms with Crippen molar-refractivity contribution in [1.29, 1.82) is 0 Å². The second kappa shape index (κ2) is 7.60. The van der Waals surface area contributed by atoms with Crippen molar-refractivity contribution in [3.8, 4) is 0 Å². The lowest BCUT2D eigenvalue weighted by Crippen LogP contribution is -2.49. The number of carbonyl (C=O) groups is 1. The molecule has 2 N–H and O–H groups in total. The molecule has 0 spiro atoms. The molecule has 0 saturated carbocycles. The Morgan fingerprint density at radius 1 is 1.08 bits per heavy atom. The van der Waals surface area contributed by atoms with Gasteiger partial charge in [0.05, 0.1) is 0 Å². The van der Waals surface area contributed by atoms with Gasteiger partial charge in [-0.3, -0.25) is 4.90 Å². The molecule has 1 aromatic heterocycles. The number of nitrogens with one attached hydrogen (secondary N) is 2. The third kappa shape index (κ3) is 3.89. The number of urea groups is 1. The summed E-state index contributed by atoms with van der Waals surface area (Å²) in [4.78, 5) is 21.7. The number of amides is 2. The Hall–Kier alpha value is -1.82. The molecule has 4 heterocycles. The summed E-state index contributed by atoms with van der Waals surface area (Å²) in [7, 11) is 0. The van der Waals surface area contributed by atoms with E-state index in [9.17, 15) is 4.79 Å². The van der Waals surface area contributed by atoms with Gasteiger partial charge in [-0.15, -0.1) is 0 Å². The molecule has 6 nitrogen and oxygen atoms in total. The molecule has 6 heteroatoms. The molecule has 2 atom stereocenters. The van der Waals surface area contributed by atoms with Gasteiger partial charge in [-0.1, -0.05) is 12.5 Å². The number of hydrogen-bond acceptors (Lipinski definition) is 4. The first kappa shape index (κ1) is 16.6. The number of nitrogens with zero attached hydrogens (tertiary/aromatic N) is 3. The Morgan fingerprint density at radius 3 is 2.72 bits per heavy atom. The highest BCUT2D eigenvalue weighted by molar-refractivity contribution is 5.74. The van der Waals surface area contributed by atoms with E-state index in [1.807, 2.05) is 6.20 Å². The molecule has 4 rings (SSSR count). The van der Waals surface area contributed by atoms with Crippen LogP contribution in [-0.4, -0.2) is 54.2 Å². The van der Waals surface area contributed by atoms with Gasteiger partial charge in [0.2, 0.25) is 0 Å². The molecule has 0 bridgehead atoms. The Morgan fingerprint density at radius 2 is 1.92 bits per heavy atom. The van der Waals surface area contributed by atoms with Crippen LogP contribution in [0.2, 0.25) is 0 Å². The summed E-state index contributed by atoms with van der Waals surface area (Å²) < 4.78 is 0. The zero-order valence-electron chi connectivity index (χ0n) is 14.9. The highest BCUT2D eigenvalue weighted by Crippen LogP contribution is 2.27. The molecule has 0 unspecified atom stereocenters. The molecule has 2 amide bonds. The minimum atomic E-state index is -0.0546. The fourth-order valence-electron chi connectivity index (χ4n) is 4.47. The van der Waals surface area contributed by atoms with Crippen LogP contribution in [0.5, 0.6) is 0 Å². The molecule has 25 heavy (non-hydrogen) atoms. The van der Waals surface area contributed by atoms with Crippen LogP contribution < -0.4 is 15.5 Å². The van der Waals surface area contributed by atoms with Crippen LogP contribution in [-0.2, 0) is 6.54 Å². The van der Waals surface area contributed by atoms with Crippen LogP contribution in [0, 0.1) is 0 Å². The SMILES string of the molecule is O=C(NCc1ccc(N2CCCC2)nc1)N[C@H]1CCN2CCCC[C@H]12. The molecule has 136 valence electrons. The summed E-state index contributed by atoms with van der Waals surface area (Å²) in [5, 5.41) is 6.17. The van der Waals surface area contributed by atoms with Gasteiger partial charge in [-0.2, -0.15) is 0 Å². The largest absolute Gasteiger partial charge is 0.357 e. The minimum absolute atomic E-state index is 0.0546. The summed E-state index contributed by atoms with van der Waals surface area (Å²) in [6, 6.07) is 4.93. The number of anilines is 1. The highest BCUT2D eigenvalue weighted by atomic mass is 16.2. The molecule has 0 aromatic carbocycles. The molecule has 0 aliphatic carbocycles. The van der Waals surface area contributed by atoms with E-state index in [0.717, 1.165) is 37.4 Å². The van der Waals surface area contributed by atoms with Crippen molar-refractivity contribution >= 4 is 11.8 Å². The Labute approximate surface area is 150 Å². The first-order chi connectivity index (χ1) is 12.3. The van der Waals surface area contributed by atoms with Crippen LogP contribution in [0.25, 0.3) is 0 Å². The lowest BCUT2D eigenvalue weighted by Gasteiger charge is -2.32. The van der Waals surface area contributed by atoms with Gasteiger partial charge in [0.1, 0.15) is 5.82 Å². The predicted molar refractivity (Wildman–Crippen MR) is 98.7 cm³/mol. The third-order valence-corrected chi connectivity index (χ3v) is 5.86. The van der Waals surface area contributed by atoms with E-state index in [-0.39, 0.29) is 6.03 Å². The van der Waals surface area contributed by atoms with E-state index >= 15 is 0 Å². The average molecular weight is 343 g/mol. The molecule has 1 aromatic rings. The van der Waals surface area contributed by atoms with Crippen molar-refractivity contribution in [2.45, 2.75) is 57.2 Å². The fraction of sp³-hybridized carbons (Fsp3) is 0.684. The van der Waals surface area contributed by atoms with Crippen molar-refractivity contribution in [2.24, 2.45) is 0 Å². The van der Waals surface area contributed by atoms with Crippen molar-refractivity contribution in [1.82, 2.24) is 20.5 Å². The summed E-state index contributed by atoms with van der Waals surface area (Å²) in [5.41, 5.74) is 1.05. The topological polar surface area (TPSA) is 60.5 Å². The average Bonchev–Trinajstić information content (AvgIpc) is 3.31. The van der Waals surface area contributed by atoms with Crippen molar-refractivity contribution in [3.63, 3.8) is 0 Å². The summed E-state index contributed by atoms with van der Waals surface area (Å²) >= 11 is 0. The van der Waals surface area contributed by atoms with Gasteiger partial charge in [0.15, 0.2) is 0 Å². The lowest BCUT2D eigenvalue weighted by atomic mass is 9.99. The monoisotopic (exact) mass is 343 g/mol. The number of rotatable bonds is 4. The quantitative estimate of drug-likeness (QED) is 0.879. The first-order valence-electron chi connectivity index (χ1n) is 9.78. The van der Waals surface area contributed by atoms with Crippen molar-refractivity contribution in [3.05, 3.63) is 23.9 Å². The number of carbonyl (C=O) groups excluding carboxylic acids is 1. The number of fused-ring (bicyclic) bond motifs is 1. The van der Waals surface area contributed by atoms with E-state index in [0.29, 0.717) is 18.6 Å². The zero-order chi connectivity index (χ0) is 17.1. The maximum atomic E-state index is 12.3. The van der Waals surface area contributed by atoms with E-state index in [2.05, 4.69) is 37.6 Å². The predicted octanol–water partition coefficient (Wildman–Crippen LogP) is 2.11. The van der Waals surface area contributed by atoms with E-state index in [1.54, 1.807) is 0 Å². The smallest absolute Gasteiger partial charge is 0.315 e. The summed E-state index contributed by atoms with van der Waals surface area (Å²) in [6.45, 7) is 5.05.